The van der Waals surface area contributed by atoms with Crippen molar-refractivity contribution in [2.45, 2.75) is 19.9 Å². The number of nitrogens with two attached hydrogens (primary N) is 1. The van der Waals surface area contributed by atoms with Crippen LogP contribution in [0.4, 0.5) is 0 Å². The van der Waals surface area contributed by atoms with E-state index in [1.165, 1.54) is 4.57 Å². The van der Waals surface area contributed by atoms with E-state index in [4.69, 9.17) is 10.8 Å². The van der Waals surface area contributed by atoms with Crippen molar-refractivity contribution in [1.82, 2.24) is 9.55 Å². The van der Waals surface area contributed by atoms with E-state index in [1.807, 2.05) is 0 Å². The molecule has 1 aromatic rings. The van der Waals surface area contributed by atoms with Crippen LogP contribution in [0.1, 0.15) is 23.2 Å². The summed E-state index contributed by atoms with van der Waals surface area (Å²) in [6.45, 7) is 2.01. The minimum Gasteiger partial charge on any atom is -0.493 e. The smallest absolute Gasteiger partial charge is 0.311 e. The van der Waals surface area contributed by atoms with Crippen LogP contribution < -0.4 is 5.73 Å². The van der Waals surface area contributed by atoms with Gasteiger partial charge in [0.15, 0.2) is 5.69 Å². The van der Waals surface area contributed by atoms with Gasteiger partial charge in [-0.25, -0.2) is 4.98 Å². The number of imidazole rings is 1. The van der Waals surface area contributed by atoms with Gasteiger partial charge in [-0.2, -0.15) is 0 Å². The fourth-order valence-corrected chi connectivity index (χ4v) is 1.26. The first-order valence-corrected chi connectivity index (χ1v) is 4.27. The quantitative estimate of drug-likeness (QED) is 0.613. The van der Waals surface area contributed by atoms with E-state index in [0.717, 1.165) is 0 Å². The summed E-state index contributed by atoms with van der Waals surface area (Å²) in [6.07, 6.45) is -0.366. The molecule has 1 rings (SSSR count). The van der Waals surface area contributed by atoms with E-state index in [9.17, 15) is 14.7 Å². The summed E-state index contributed by atoms with van der Waals surface area (Å²) in [5, 5.41) is 18.1. The van der Waals surface area contributed by atoms with Gasteiger partial charge in [0.2, 0.25) is 5.88 Å². The molecule has 0 saturated heterocycles. The van der Waals surface area contributed by atoms with Gasteiger partial charge >= 0.3 is 5.97 Å². The lowest BCUT2D eigenvalue weighted by atomic mass is 10.4. The maximum Gasteiger partial charge on any atom is 0.311 e. The number of primary amides is 1. The molecule has 0 atom stereocenters. The molecule has 0 spiro atoms. The molecule has 0 saturated carbocycles. The predicted octanol–water partition coefficient (Wildman–Crippen LogP) is -0.665. The zero-order chi connectivity index (χ0) is 11.6. The van der Waals surface area contributed by atoms with Gasteiger partial charge in [0.05, 0.1) is 0 Å². The van der Waals surface area contributed by atoms with Crippen molar-refractivity contribution in [2.24, 2.45) is 5.73 Å². The summed E-state index contributed by atoms with van der Waals surface area (Å²) in [6, 6.07) is 0. The van der Waals surface area contributed by atoms with E-state index in [2.05, 4.69) is 4.98 Å². The molecule has 0 aliphatic rings. The van der Waals surface area contributed by atoms with Crippen molar-refractivity contribution in [2.75, 3.05) is 0 Å². The van der Waals surface area contributed by atoms with Crippen molar-refractivity contribution in [3.63, 3.8) is 0 Å². The molecule has 0 aromatic carbocycles. The third-order valence-electron chi connectivity index (χ3n) is 1.88. The summed E-state index contributed by atoms with van der Waals surface area (Å²) in [4.78, 5) is 25.0. The Balaban J connectivity index is 3.21. The maximum atomic E-state index is 10.8. The second kappa shape index (κ2) is 3.99. The summed E-state index contributed by atoms with van der Waals surface area (Å²) in [7, 11) is 0. The number of nitrogens with zero attached hydrogens (tertiary/aromatic N) is 2. The Hall–Kier alpha value is -2.05. The predicted molar refractivity (Wildman–Crippen MR) is 49.4 cm³/mol. The first kappa shape index (κ1) is 11.0. The average Bonchev–Trinajstić information content (AvgIpc) is 2.41. The van der Waals surface area contributed by atoms with Gasteiger partial charge in [-0.15, -0.1) is 0 Å². The van der Waals surface area contributed by atoms with Crippen LogP contribution in [0.25, 0.3) is 0 Å². The Kier molecular flexibility index (Phi) is 2.93. The lowest BCUT2D eigenvalue weighted by Gasteiger charge is -2.02. The number of aliphatic carboxylic acids is 1. The second-order valence-electron chi connectivity index (χ2n) is 2.88. The van der Waals surface area contributed by atoms with Crippen molar-refractivity contribution < 1.29 is 19.8 Å². The number of aromatic nitrogens is 2. The average molecular weight is 213 g/mol. The normalized spacial score (nSPS) is 10.2. The van der Waals surface area contributed by atoms with Gasteiger partial charge in [0.1, 0.15) is 12.2 Å². The van der Waals surface area contributed by atoms with Gasteiger partial charge in [0, 0.05) is 6.54 Å². The number of hydrogen-bond donors (Lipinski definition) is 3. The largest absolute Gasteiger partial charge is 0.493 e. The van der Waals surface area contributed by atoms with Crippen LogP contribution >= 0.6 is 0 Å². The molecule has 0 bridgehead atoms. The van der Waals surface area contributed by atoms with Crippen LogP contribution in [0, 0.1) is 0 Å². The van der Waals surface area contributed by atoms with Crippen LogP contribution in [0.15, 0.2) is 0 Å². The number of amides is 1. The van der Waals surface area contributed by atoms with Crippen molar-refractivity contribution in [3.8, 4) is 5.88 Å². The molecule has 82 valence electrons. The van der Waals surface area contributed by atoms with Gasteiger partial charge in [-0.05, 0) is 6.92 Å². The highest BCUT2D eigenvalue weighted by atomic mass is 16.4. The lowest BCUT2D eigenvalue weighted by Crippen LogP contribution is -2.12. The monoisotopic (exact) mass is 213 g/mol. The molecule has 7 nitrogen and oxygen atoms in total. The molecule has 4 N–H and O–H groups in total. The number of carbonyl (C=O) groups excluding carboxylic acids is 1. The molecule has 0 unspecified atom stereocenters. The number of carboxylic acid groups (broad SMARTS) is 1. The van der Waals surface area contributed by atoms with Crippen molar-refractivity contribution in [3.05, 3.63) is 11.5 Å². The van der Waals surface area contributed by atoms with E-state index in [1.54, 1.807) is 6.92 Å². The summed E-state index contributed by atoms with van der Waals surface area (Å²) in [5.74, 6) is -2.25. The highest BCUT2D eigenvalue weighted by Gasteiger charge is 2.20. The third-order valence-corrected chi connectivity index (χ3v) is 1.88. The zero-order valence-corrected chi connectivity index (χ0v) is 8.10. The fourth-order valence-electron chi connectivity index (χ4n) is 1.26. The van der Waals surface area contributed by atoms with Gasteiger partial charge < -0.3 is 15.9 Å². The van der Waals surface area contributed by atoms with Crippen LogP contribution in [-0.2, 0) is 17.8 Å². The molecule has 0 fully saturated rings. The highest BCUT2D eigenvalue weighted by Crippen LogP contribution is 2.18. The standard InChI is InChI=1S/C8H11N3O4/c1-2-11-4(3-5(12)13)10-6(7(9)14)8(11)15/h15H,2-3H2,1H3,(H2,9,14)(H,12,13). The Morgan fingerprint density at radius 1 is 1.53 bits per heavy atom. The Morgan fingerprint density at radius 3 is 2.53 bits per heavy atom. The molecule has 1 aromatic heterocycles. The lowest BCUT2D eigenvalue weighted by molar-refractivity contribution is -0.136. The van der Waals surface area contributed by atoms with E-state index in [0.29, 0.717) is 6.54 Å². The molecule has 0 aliphatic carbocycles. The Bertz CT molecular complexity index is 410. The molecular weight excluding hydrogens is 202 g/mol. The van der Waals surface area contributed by atoms with Gasteiger partial charge in [-0.3, -0.25) is 14.2 Å². The topological polar surface area (TPSA) is 118 Å². The summed E-state index contributed by atoms with van der Waals surface area (Å²) in [5.41, 5.74) is 4.66. The molecule has 0 aliphatic heterocycles. The third kappa shape index (κ3) is 2.06. The SMILES string of the molecule is CCn1c(CC(=O)O)nc(C(N)=O)c1O. The zero-order valence-electron chi connectivity index (χ0n) is 8.10. The minimum atomic E-state index is -1.09. The highest BCUT2D eigenvalue weighted by molar-refractivity contribution is 5.93. The number of aromatic hydroxyl groups is 1. The Morgan fingerprint density at radius 2 is 2.13 bits per heavy atom. The van der Waals surface area contributed by atoms with Crippen LogP contribution in [0.3, 0.4) is 0 Å². The van der Waals surface area contributed by atoms with Gasteiger partial charge in [-0.1, -0.05) is 0 Å². The molecular formula is C8H11N3O4. The number of hydrogen-bond acceptors (Lipinski definition) is 4. The Labute approximate surface area is 85.1 Å². The van der Waals surface area contributed by atoms with Crippen LogP contribution in [0.5, 0.6) is 5.88 Å². The summed E-state index contributed by atoms with van der Waals surface area (Å²) >= 11 is 0. The minimum absolute atomic E-state index is 0.108. The number of carboxylic acids is 1. The second-order valence-corrected chi connectivity index (χ2v) is 2.88. The summed E-state index contributed by atoms with van der Waals surface area (Å²) < 4.78 is 1.23. The molecule has 0 radical (unpaired) electrons. The number of carbonyl (C=O) groups is 2. The first-order valence-electron chi connectivity index (χ1n) is 4.27. The van der Waals surface area contributed by atoms with Crippen molar-refractivity contribution >= 4 is 11.9 Å². The fraction of sp³-hybridized carbons (Fsp3) is 0.375. The van der Waals surface area contributed by atoms with Gasteiger partial charge in [0.25, 0.3) is 5.91 Å². The van der Waals surface area contributed by atoms with E-state index >= 15 is 0 Å². The van der Waals surface area contributed by atoms with Crippen molar-refractivity contribution in [1.29, 1.82) is 0 Å². The molecule has 15 heavy (non-hydrogen) atoms. The van der Waals surface area contributed by atoms with E-state index in [-0.39, 0.29) is 23.8 Å². The van der Waals surface area contributed by atoms with Crippen LogP contribution in [0.2, 0.25) is 0 Å². The first-order chi connectivity index (χ1) is 6.97. The van der Waals surface area contributed by atoms with E-state index < -0.39 is 11.9 Å². The molecule has 1 amide bonds. The maximum absolute atomic E-state index is 10.8. The van der Waals surface area contributed by atoms with Crippen LogP contribution in [-0.4, -0.2) is 31.6 Å². The number of rotatable bonds is 4. The molecule has 7 heteroatoms. The molecule has 1 heterocycles.